The Hall–Kier alpha value is -1.55. The van der Waals surface area contributed by atoms with E-state index >= 15 is 0 Å². The van der Waals surface area contributed by atoms with Gasteiger partial charge in [-0.2, -0.15) is 0 Å². The van der Waals surface area contributed by atoms with Crippen molar-refractivity contribution < 1.29 is 14.3 Å². The molecule has 0 amide bonds. The van der Waals surface area contributed by atoms with Gasteiger partial charge in [-0.1, -0.05) is 32.9 Å². The quantitative estimate of drug-likeness (QED) is 0.710. The van der Waals surface area contributed by atoms with Crippen molar-refractivity contribution in [3.8, 4) is 5.75 Å². The highest BCUT2D eigenvalue weighted by molar-refractivity contribution is 5.77. The summed E-state index contributed by atoms with van der Waals surface area (Å²) in [6.07, 6.45) is 0.955. The largest absolute Gasteiger partial charge is 0.494 e. The molecule has 1 unspecified atom stereocenters. The van der Waals surface area contributed by atoms with Gasteiger partial charge in [0.1, 0.15) is 11.8 Å². The van der Waals surface area contributed by atoms with Crippen LogP contribution in [0, 0.1) is 5.92 Å². The van der Waals surface area contributed by atoms with Crippen LogP contribution in [-0.2, 0) is 9.53 Å². The zero-order valence-electron chi connectivity index (χ0n) is 13.5. The van der Waals surface area contributed by atoms with Gasteiger partial charge in [-0.25, -0.2) is 4.79 Å². The number of carbonyl (C=O) groups excluding carboxylic acids is 1. The minimum absolute atomic E-state index is 0.245. The average Bonchev–Trinajstić information content (AvgIpc) is 2.46. The van der Waals surface area contributed by atoms with E-state index in [1.807, 2.05) is 31.2 Å². The molecule has 21 heavy (non-hydrogen) atoms. The van der Waals surface area contributed by atoms with E-state index in [0.29, 0.717) is 19.1 Å². The van der Waals surface area contributed by atoms with Gasteiger partial charge in [-0.15, -0.1) is 0 Å². The van der Waals surface area contributed by atoms with Crippen LogP contribution in [0.2, 0.25) is 0 Å². The van der Waals surface area contributed by atoms with Crippen LogP contribution >= 0.6 is 0 Å². The molecule has 1 N–H and O–H groups in total. The molecular weight excluding hydrogens is 266 g/mol. The first-order chi connectivity index (χ1) is 10.1. The molecule has 0 saturated carbocycles. The van der Waals surface area contributed by atoms with Gasteiger partial charge in [-0.05, 0) is 43.5 Å². The van der Waals surface area contributed by atoms with E-state index in [1.54, 1.807) is 0 Å². The molecule has 1 aromatic rings. The molecule has 0 spiro atoms. The normalized spacial score (nSPS) is 12.2. The average molecular weight is 293 g/mol. The van der Waals surface area contributed by atoms with Gasteiger partial charge in [0, 0.05) is 0 Å². The summed E-state index contributed by atoms with van der Waals surface area (Å²) >= 11 is 0. The van der Waals surface area contributed by atoms with E-state index < -0.39 is 6.04 Å². The molecule has 1 aromatic carbocycles. The van der Waals surface area contributed by atoms with Crippen molar-refractivity contribution in [1.82, 2.24) is 5.32 Å². The number of hydrogen-bond donors (Lipinski definition) is 1. The molecule has 4 heteroatoms. The minimum Gasteiger partial charge on any atom is -0.494 e. The molecule has 0 saturated heterocycles. The molecule has 0 radical (unpaired) electrons. The van der Waals surface area contributed by atoms with Gasteiger partial charge in [0.2, 0.25) is 0 Å². The predicted octanol–water partition coefficient (Wildman–Crippen LogP) is 3.33. The van der Waals surface area contributed by atoms with Gasteiger partial charge < -0.3 is 14.8 Å². The fourth-order valence-corrected chi connectivity index (χ4v) is 1.92. The van der Waals surface area contributed by atoms with Crippen LogP contribution in [0.5, 0.6) is 5.75 Å². The molecule has 1 atom stereocenters. The SMILES string of the molecule is CCCOc1cccc(C(NCC(C)C)C(=O)OCC)c1. The van der Waals surface area contributed by atoms with E-state index in [0.717, 1.165) is 24.3 Å². The highest BCUT2D eigenvalue weighted by Crippen LogP contribution is 2.21. The molecule has 4 nitrogen and oxygen atoms in total. The Balaban J connectivity index is 2.87. The summed E-state index contributed by atoms with van der Waals surface area (Å²) in [7, 11) is 0. The maximum absolute atomic E-state index is 12.2. The maximum atomic E-state index is 12.2. The predicted molar refractivity (Wildman–Crippen MR) is 84.4 cm³/mol. The number of ether oxygens (including phenoxy) is 2. The summed E-state index contributed by atoms with van der Waals surface area (Å²) in [5.41, 5.74) is 0.878. The first kappa shape index (κ1) is 17.5. The monoisotopic (exact) mass is 293 g/mol. The third-order valence-electron chi connectivity index (χ3n) is 2.92. The van der Waals surface area contributed by atoms with Crippen molar-refractivity contribution in [3.63, 3.8) is 0 Å². The third-order valence-corrected chi connectivity index (χ3v) is 2.92. The van der Waals surface area contributed by atoms with Crippen LogP contribution in [-0.4, -0.2) is 25.7 Å². The van der Waals surface area contributed by atoms with Crippen molar-refractivity contribution in [2.45, 2.75) is 40.2 Å². The highest BCUT2D eigenvalue weighted by atomic mass is 16.5. The lowest BCUT2D eigenvalue weighted by molar-refractivity contribution is -0.145. The second-order valence-corrected chi connectivity index (χ2v) is 5.41. The molecule has 0 bridgehead atoms. The molecule has 0 aliphatic rings. The number of rotatable bonds is 9. The van der Waals surface area contributed by atoms with Crippen LogP contribution in [0.15, 0.2) is 24.3 Å². The second-order valence-electron chi connectivity index (χ2n) is 5.41. The van der Waals surface area contributed by atoms with Crippen LogP contribution in [0.1, 0.15) is 45.7 Å². The van der Waals surface area contributed by atoms with Gasteiger partial charge in [0.15, 0.2) is 0 Å². The molecule has 0 aliphatic carbocycles. The number of carbonyl (C=O) groups is 1. The summed E-state index contributed by atoms with van der Waals surface area (Å²) in [4.78, 5) is 12.2. The molecule has 118 valence electrons. The fourth-order valence-electron chi connectivity index (χ4n) is 1.92. The third kappa shape index (κ3) is 6.17. The van der Waals surface area contributed by atoms with Crippen LogP contribution in [0.25, 0.3) is 0 Å². The summed E-state index contributed by atoms with van der Waals surface area (Å²) in [6.45, 7) is 9.90. The molecule has 0 aliphatic heterocycles. The zero-order chi connectivity index (χ0) is 15.7. The number of esters is 1. The van der Waals surface area contributed by atoms with Gasteiger partial charge in [0.25, 0.3) is 0 Å². The van der Waals surface area contributed by atoms with E-state index in [2.05, 4.69) is 26.1 Å². The Morgan fingerprint density at radius 2 is 2.05 bits per heavy atom. The summed E-state index contributed by atoms with van der Waals surface area (Å²) in [5.74, 6) is 1.00. The summed E-state index contributed by atoms with van der Waals surface area (Å²) in [6, 6.07) is 7.20. The number of hydrogen-bond acceptors (Lipinski definition) is 4. The lowest BCUT2D eigenvalue weighted by atomic mass is 10.1. The maximum Gasteiger partial charge on any atom is 0.327 e. The smallest absolute Gasteiger partial charge is 0.327 e. The Labute approximate surface area is 127 Å². The van der Waals surface area contributed by atoms with Crippen LogP contribution in [0.3, 0.4) is 0 Å². The van der Waals surface area contributed by atoms with Crippen molar-refractivity contribution in [2.24, 2.45) is 5.92 Å². The Morgan fingerprint density at radius 1 is 1.29 bits per heavy atom. The van der Waals surface area contributed by atoms with Gasteiger partial charge in [-0.3, -0.25) is 0 Å². The van der Waals surface area contributed by atoms with Crippen molar-refractivity contribution >= 4 is 5.97 Å². The lowest BCUT2D eigenvalue weighted by Gasteiger charge is -2.19. The van der Waals surface area contributed by atoms with E-state index in [-0.39, 0.29) is 5.97 Å². The number of benzene rings is 1. The topological polar surface area (TPSA) is 47.6 Å². The molecule has 0 fully saturated rings. The van der Waals surface area contributed by atoms with E-state index in [1.165, 1.54) is 0 Å². The zero-order valence-corrected chi connectivity index (χ0v) is 13.5. The van der Waals surface area contributed by atoms with Crippen molar-refractivity contribution in [3.05, 3.63) is 29.8 Å². The molecule has 0 heterocycles. The Morgan fingerprint density at radius 3 is 2.67 bits per heavy atom. The van der Waals surface area contributed by atoms with Gasteiger partial charge in [0.05, 0.1) is 13.2 Å². The summed E-state index contributed by atoms with van der Waals surface area (Å²) < 4.78 is 10.8. The van der Waals surface area contributed by atoms with Crippen LogP contribution < -0.4 is 10.1 Å². The Kier molecular flexibility index (Phi) is 7.83. The van der Waals surface area contributed by atoms with Crippen molar-refractivity contribution in [1.29, 1.82) is 0 Å². The number of nitrogens with one attached hydrogen (secondary N) is 1. The van der Waals surface area contributed by atoms with Gasteiger partial charge >= 0.3 is 5.97 Å². The highest BCUT2D eigenvalue weighted by Gasteiger charge is 2.22. The molecule has 0 aromatic heterocycles. The first-order valence-corrected chi connectivity index (χ1v) is 7.71. The molecule has 1 rings (SSSR count). The standard InChI is InChI=1S/C17H27NO3/c1-5-10-21-15-9-7-8-14(11-15)16(17(19)20-6-2)18-12-13(3)4/h7-9,11,13,16,18H,5-6,10,12H2,1-4H3. The minimum atomic E-state index is -0.447. The van der Waals surface area contributed by atoms with E-state index in [9.17, 15) is 4.79 Å². The van der Waals surface area contributed by atoms with Crippen molar-refractivity contribution in [2.75, 3.05) is 19.8 Å². The Bertz CT molecular complexity index is 432. The second kappa shape index (κ2) is 9.40. The fraction of sp³-hybridized carbons (Fsp3) is 0.588. The summed E-state index contributed by atoms with van der Waals surface area (Å²) in [5, 5.41) is 3.27. The van der Waals surface area contributed by atoms with Crippen LogP contribution in [0.4, 0.5) is 0 Å². The molecular formula is C17H27NO3. The first-order valence-electron chi connectivity index (χ1n) is 7.71. The lowest BCUT2D eigenvalue weighted by Crippen LogP contribution is -2.32. The van der Waals surface area contributed by atoms with E-state index in [4.69, 9.17) is 9.47 Å².